The molecule has 6 heteroatoms. The summed E-state index contributed by atoms with van der Waals surface area (Å²) in [6.45, 7) is 2.17. The number of aromatic nitrogens is 1. The molecule has 1 saturated carbocycles. The van der Waals surface area contributed by atoms with Crippen molar-refractivity contribution in [3.05, 3.63) is 18.3 Å². The van der Waals surface area contributed by atoms with Crippen molar-refractivity contribution in [3.63, 3.8) is 0 Å². The van der Waals surface area contributed by atoms with E-state index in [2.05, 4.69) is 11.9 Å². The number of nitrogens with zero attached hydrogens (tertiary/aromatic N) is 1. The third-order valence-corrected chi connectivity index (χ3v) is 4.56. The summed E-state index contributed by atoms with van der Waals surface area (Å²) >= 11 is 0. The van der Waals surface area contributed by atoms with Crippen LogP contribution in [0.2, 0.25) is 0 Å². The minimum Gasteiger partial charge on any atom is -0.473 e. The van der Waals surface area contributed by atoms with Crippen LogP contribution in [0.5, 0.6) is 5.88 Å². The van der Waals surface area contributed by atoms with Gasteiger partial charge in [0.2, 0.25) is 15.9 Å². The highest BCUT2D eigenvalue weighted by molar-refractivity contribution is 7.89. The average Bonchev–Trinajstić information content (AvgIpc) is 2.38. The molecular weight excluding hydrogens is 264 g/mol. The first-order chi connectivity index (χ1) is 9.00. The Hall–Kier alpha value is -1.14. The minimum absolute atomic E-state index is 0.0337. The number of nitrogens with two attached hydrogens (primary N) is 1. The molecule has 1 aromatic heterocycles. The first kappa shape index (κ1) is 14.3. The summed E-state index contributed by atoms with van der Waals surface area (Å²) in [4.78, 5) is 3.98. The molecule has 19 heavy (non-hydrogen) atoms. The molecule has 0 aromatic carbocycles. The number of ether oxygens (including phenoxy) is 1. The monoisotopic (exact) mass is 284 g/mol. The van der Waals surface area contributed by atoms with Crippen molar-refractivity contribution in [1.29, 1.82) is 0 Å². The first-order valence-electron chi connectivity index (χ1n) is 6.65. The molecule has 1 aromatic rings. The standard InChI is InChI=1S/C13H20N2O3S/c1-2-10-5-3-6-11(9-10)18-13-12(19(14,16)17)7-4-8-15-13/h4,7-8,10-11H,2-3,5-6,9H2,1H3,(H2,14,16,17). The minimum atomic E-state index is -3.79. The van der Waals surface area contributed by atoms with Gasteiger partial charge in [-0.15, -0.1) is 0 Å². The van der Waals surface area contributed by atoms with E-state index in [-0.39, 0.29) is 16.9 Å². The Bertz CT molecular complexity index is 530. The molecule has 0 saturated heterocycles. The van der Waals surface area contributed by atoms with Gasteiger partial charge in [-0.05, 0) is 37.3 Å². The van der Waals surface area contributed by atoms with Gasteiger partial charge in [0.05, 0.1) is 0 Å². The molecule has 0 amide bonds. The molecule has 106 valence electrons. The van der Waals surface area contributed by atoms with Crippen molar-refractivity contribution in [2.75, 3.05) is 0 Å². The Morgan fingerprint density at radius 2 is 2.26 bits per heavy atom. The second-order valence-electron chi connectivity index (χ2n) is 5.03. The van der Waals surface area contributed by atoms with E-state index in [1.165, 1.54) is 18.7 Å². The molecule has 1 aliphatic carbocycles. The van der Waals surface area contributed by atoms with E-state index >= 15 is 0 Å². The summed E-state index contributed by atoms with van der Waals surface area (Å²) < 4.78 is 28.7. The summed E-state index contributed by atoms with van der Waals surface area (Å²) in [5.74, 6) is 0.784. The maximum Gasteiger partial charge on any atom is 0.243 e. The molecule has 0 radical (unpaired) electrons. The Morgan fingerprint density at radius 3 is 2.95 bits per heavy atom. The van der Waals surface area contributed by atoms with Crippen LogP contribution in [-0.2, 0) is 10.0 Å². The summed E-state index contributed by atoms with van der Waals surface area (Å²) in [7, 11) is -3.79. The second kappa shape index (κ2) is 5.88. The molecule has 1 fully saturated rings. The van der Waals surface area contributed by atoms with Gasteiger partial charge >= 0.3 is 0 Å². The van der Waals surface area contributed by atoms with E-state index in [4.69, 9.17) is 9.88 Å². The fourth-order valence-electron chi connectivity index (χ4n) is 2.56. The zero-order valence-electron chi connectivity index (χ0n) is 11.1. The quantitative estimate of drug-likeness (QED) is 0.917. The van der Waals surface area contributed by atoms with E-state index in [0.717, 1.165) is 25.7 Å². The van der Waals surface area contributed by atoms with Crippen molar-refractivity contribution in [2.45, 2.75) is 50.0 Å². The van der Waals surface area contributed by atoms with Gasteiger partial charge in [-0.25, -0.2) is 18.5 Å². The summed E-state index contributed by atoms with van der Waals surface area (Å²) in [5.41, 5.74) is 0. The first-order valence-corrected chi connectivity index (χ1v) is 8.19. The van der Waals surface area contributed by atoms with Gasteiger partial charge in [0.15, 0.2) is 0 Å². The number of sulfonamides is 1. The summed E-state index contributed by atoms with van der Waals surface area (Å²) in [5, 5.41) is 5.17. The van der Waals surface area contributed by atoms with Gasteiger partial charge in [-0.2, -0.15) is 0 Å². The maximum atomic E-state index is 11.5. The Kier molecular flexibility index (Phi) is 4.42. The molecule has 1 heterocycles. The van der Waals surface area contributed by atoms with Crippen LogP contribution >= 0.6 is 0 Å². The number of primary sulfonamides is 1. The molecule has 2 rings (SSSR count). The molecule has 0 aliphatic heterocycles. The molecule has 1 aliphatic rings. The van der Waals surface area contributed by atoms with Gasteiger partial charge in [-0.1, -0.05) is 19.8 Å². The van der Waals surface area contributed by atoms with Crippen molar-refractivity contribution in [1.82, 2.24) is 4.98 Å². The van der Waals surface area contributed by atoms with Gasteiger partial charge < -0.3 is 4.74 Å². The zero-order chi connectivity index (χ0) is 13.9. The van der Waals surface area contributed by atoms with Crippen LogP contribution in [0, 0.1) is 5.92 Å². The smallest absolute Gasteiger partial charge is 0.243 e. The number of pyridine rings is 1. The van der Waals surface area contributed by atoms with Gasteiger partial charge in [0.25, 0.3) is 0 Å². The Labute approximate surface area is 114 Å². The van der Waals surface area contributed by atoms with Crippen LogP contribution in [0.1, 0.15) is 39.0 Å². The predicted molar refractivity (Wildman–Crippen MR) is 72.3 cm³/mol. The molecule has 5 nitrogen and oxygen atoms in total. The van der Waals surface area contributed by atoms with E-state index in [9.17, 15) is 8.42 Å². The third kappa shape index (κ3) is 3.67. The van der Waals surface area contributed by atoms with Crippen molar-refractivity contribution in [2.24, 2.45) is 11.1 Å². The lowest BCUT2D eigenvalue weighted by Gasteiger charge is -2.28. The van der Waals surface area contributed by atoms with E-state index in [1.807, 2.05) is 0 Å². The van der Waals surface area contributed by atoms with Crippen LogP contribution in [0.3, 0.4) is 0 Å². The normalized spacial score (nSPS) is 24.1. The lowest BCUT2D eigenvalue weighted by Crippen LogP contribution is -2.26. The van der Waals surface area contributed by atoms with Crippen LogP contribution in [0.4, 0.5) is 0 Å². The van der Waals surface area contributed by atoms with Crippen LogP contribution in [0.25, 0.3) is 0 Å². The van der Waals surface area contributed by atoms with Gasteiger partial charge in [0, 0.05) is 6.20 Å². The van der Waals surface area contributed by atoms with Crippen LogP contribution < -0.4 is 9.88 Å². The largest absolute Gasteiger partial charge is 0.473 e. The summed E-state index contributed by atoms with van der Waals surface area (Å²) in [6, 6.07) is 2.97. The highest BCUT2D eigenvalue weighted by Crippen LogP contribution is 2.30. The number of hydrogen-bond donors (Lipinski definition) is 1. The lowest BCUT2D eigenvalue weighted by molar-refractivity contribution is 0.113. The van der Waals surface area contributed by atoms with Crippen molar-refractivity contribution < 1.29 is 13.2 Å². The van der Waals surface area contributed by atoms with E-state index in [1.54, 1.807) is 6.07 Å². The van der Waals surface area contributed by atoms with Crippen molar-refractivity contribution >= 4 is 10.0 Å². The molecule has 2 N–H and O–H groups in total. The van der Waals surface area contributed by atoms with Crippen molar-refractivity contribution in [3.8, 4) is 5.88 Å². The van der Waals surface area contributed by atoms with Crippen LogP contribution in [-0.4, -0.2) is 19.5 Å². The third-order valence-electron chi connectivity index (χ3n) is 3.63. The summed E-state index contributed by atoms with van der Waals surface area (Å²) in [6.07, 6.45) is 6.92. The van der Waals surface area contributed by atoms with E-state index < -0.39 is 10.0 Å². The van der Waals surface area contributed by atoms with Crippen LogP contribution in [0.15, 0.2) is 23.2 Å². The predicted octanol–water partition coefficient (Wildman–Crippen LogP) is 2.08. The maximum absolute atomic E-state index is 11.5. The molecule has 2 atom stereocenters. The average molecular weight is 284 g/mol. The Morgan fingerprint density at radius 1 is 1.47 bits per heavy atom. The highest BCUT2D eigenvalue weighted by atomic mass is 32.2. The topological polar surface area (TPSA) is 82.3 Å². The fraction of sp³-hybridized carbons (Fsp3) is 0.615. The number of hydrogen-bond acceptors (Lipinski definition) is 4. The van der Waals surface area contributed by atoms with E-state index in [0.29, 0.717) is 5.92 Å². The molecule has 0 spiro atoms. The second-order valence-corrected chi connectivity index (χ2v) is 6.56. The highest BCUT2D eigenvalue weighted by Gasteiger charge is 2.25. The fourth-order valence-corrected chi connectivity index (χ4v) is 3.17. The lowest BCUT2D eigenvalue weighted by atomic mass is 9.85. The molecule has 0 bridgehead atoms. The molecule has 2 unspecified atom stereocenters. The van der Waals surface area contributed by atoms with Gasteiger partial charge in [-0.3, -0.25) is 0 Å². The molecular formula is C13H20N2O3S. The SMILES string of the molecule is CCC1CCCC(Oc2ncccc2S(N)(=O)=O)C1. The Balaban J connectivity index is 2.15. The number of rotatable bonds is 4. The zero-order valence-corrected chi connectivity index (χ0v) is 11.9. The van der Waals surface area contributed by atoms with Gasteiger partial charge in [0.1, 0.15) is 11.0 Å².